The van der Waals surface area contributed by atoms with Gasteiger partial charge in [0.15, 0.2) is 16.4 Å². The van der Waals surface area contributed by atoms with Crippen molar-refractivity contribution in [2.75, 3.05) is 30.1 Å². The van der Waals surface area contributed by atoms with Gasteiger partial charge in [-0.3, -0.25) is 4.79 Å². The first-order chi connectivity index (χ1) is 13.4. The monoisotopic (exact) mass is 403 g/mol. The van der Waals surface area contributed by atoms with Gasteiger partial charge < -0.3 is 14.4 Å². The lowest BCUT2D eigenvalue weighted by molar-refractivity contribution is -0.121. The van der Waals surface area contributed by atoms with Crippen molar-refractivity contribution >= 4 is 27.4 Å². The highest BCUT2D eigenvalue weighted by molar-refractivity contribution is 7.91. The van der Waals surface area contributed by atoms with Crippen molar-refractivity contribution in [2.24, 2.45) is 0 Å². The van der Waals surface area contributed by atoms with Crippen LogP contribution >= 0.6 is 0 Å². The lowest BCUT2D eigenvalue weighted by atomic mass is 10.2. The molecule has 7 nitrogen and oxygen atoms in total. The molecule has 148 valence electrons. The summed E-state index contributed by atoms with van der Waals surface area (Å²) >= 11 is 0. The van der Waals surface area contributed by atoms with Gasteiger partial charge in [-0.1, -0.05) is 24.3 Å². The molecule has 0 N–H and O–H groups in total. The van der Waals surface area contributed by atoms with Crippen molar-refractivity contribution < 1.29 is 27.5 Å². The highest BCUT2D eigenvalue weighted by Gasteiger charge is 2.35. The Morgan fingerprint density at radius 1 is 1.11 bits per heavy atom. The number of rotatable bonds is 6. The van der Waals surface area contributed by atoms with Crippen LogP contribution in [0.15, 0.2) is 54.6 Å². The van der Waals surface area contributed by atoms with E-state index in [0.717, 1.165) is 0 Å². The summed E-state index contributed by atoms with van der Waals surface area (Å²) in [6, 6.07) is 14.8. The van der Waals surface area contributed by atoms with E-state index >= 15 is 0 Å². The summed E-state index contributed by atoms with van der Waals surface area (Å²) in [6.45, 7) is -0.282. The van der Waals surface area contributed by atoms with E-state index in [4.69, 9.17) is 4.74 Å². The summed E-state index contributed by atoms with van der Waals surface area (Å²) < 4.78 is 34.0. The molecule has 1 fully saturated rings. The Kier molecular flexibility index (Phi) is 5.99. The summed E-state index contributed by atoms with van der Waals surface area (Å²) in [7, 11) is -1.87. The van der Waals surface area contributed by atoms with E-state index in [9.17, 15) is 18.0 Å². The number of hydrogen-bond donors (Lipinski definition) is 0. The summed E-state index contributed by atoms with van der Waals surface area (Å²) in [4.78, 5) is 26.0. The van der Waals surface area contributed by atoms with Crippen LogP contribution in [0.1, 0.15) is 16.8 Å². The zero-order valence-corrected chi connectivity index (χ0v) is 16.2. The summed E-state index contributed by atoms with van der Waals surface area (Å²) in [6.07, 6.45) is 0.390. The molecule has 1 heterocycles. The van der Waals surface area contributed by atoms with Crippen molar-refractivity contribution in [3.63, 3.8) is 0 Å². The minimum absolute atomic E-state index is 0.0640. The summed E-state index contributed by atoms with van der Waals surface area (Å²) in [5.41, 5.74) is 0.941. The van der Waals surface area contributed by atoms with Gasteiger partial charge in [-0.05, 0) is 36.8 Å². The van der Waals surface area contributed by atoms with Gasteiger partial charge in [0.05, 0.1) is 30.2 Å². The van der Waals surface area contributed by atoms with Crippen LogP contribution in [0.2, 0.25) is 0 Å². The third-order valence-electron chi connectivity index (χ3n) is 4.49. The van der Waals surface area contributed by atoms with E-state index in [1.54, 1.807) is 42.5 Å². The molecule has 1 amide bonds. The minimum Gasteiger partial charge on any atom is -0.484 e. The maximum Gasteiger partial charge on any atom is 0.337 e. The highest BCUT2D eigenvalue weighted by atomic mass is 32.2. The SMILES string of the molecule is COC(=O)c1cccc(OCC(=O)N(c2ccccc2)[C@H]2CCS(=O)(=O)C2)c1. The number of amides is 1. The zero-order chi connectivity index (χ0) is 20.1. The Morgan fingerprint density at radius 3 is 2.50 bits per heavy atom. The first-order valence-corrected chi connectivity index (χ1v) is 10.6. The molecule has 2 aromatic rings. The lowest BCUT2D eigenvalue weighted by Crippen LogP contribution is -2.43. The number of carbonyl (C=O) groups is 2. The number of anilines is 1. The number of hydrogen-bond acceptors (Lipinski definition) is 6. The Hall–Kier alpha value is -2.87. The molecular formula is C20H21NO6S. The quantitative estimate of drug-likeness (QED) is 0.686. The summed E-state index contributed by atoms with van der Waals surface area (Å²) in [5.74, 6) is -0.499. The molecule has 1 saturated heterocycles. The van der Waals surface area contributed by atoms with Crippen LogP contribution in [0.4, 0.5) is 5.69 Å². The fourth-order valence-electron chi connectivity index (χ4n) is 3.17. The molecule has 0 aliphatic carbocycles. The number of sulfone groups is 1. The molecule has 28 heavy (non-hydrogen) atoms. The molecule has 0 aromatic heterocycles. The van der Waals surface area contributed by atoms with Gasteiger partial charge in [0.2, 0.25) is 0 Å². The average molecular weight is 403 g/mol. The summed E-state index contributed by atoms with van der Waals surface area (Å²) in [5, 5.41) is 0. The number of carbonyl (C=O) groups excluding carboxylic acids is 2. The molecule has 0 radical (unpaired) electrons. The van der Waals surface area contributed by atoms with Crippen LogP contribution in [-0.2, 0) is 19.4 Å². The second-order valence-electron chi connectivity index (χ2n) is 6.46. The fourth-order valence-corrected chi connectivity index (χ4v) is 4.87. The topological polar surface area (TPSA) is 90.0 Å². The molecule has 0 saturated carbocycles. The number of methoxy groups -OCH3 is 1. The van der Waals surface area contributed by atoms with Gasteiger partial charge >= 0.3 is 5.97 Å². The van der Waals surface area contributed by atoms with Gasteiger partial charge in [-0.25, -0.2) is 13.2 Å². The molecule has 1 atom stereocenters. The van der Waals surface area contributed by atoms with Crippen LogP contribution in [0.3, 0.4) is 0 Å². The number of para-hydroxylation sites is 1. The molecule has 1 aliphatic heterocycles. The van der Waals surface area contributed by atoms with E-state index in [1.165, 1.54) is 18.1 Å². The third-order valence-corrected chi connectivity index (χ3v) is 6.24. The normalized spacial score (nSPS) is 17.7. The highest BCUT2D eigenvalue weighted by Crippen LogP contribution is 2.25. The second-order valence-corrected chi connectivity index (χ2v) is 8.69. The average Bonchev–Trinajstić information content (AvgIpc) is 3.06. The smallest absolute Gasteiger partial charge is 0.337 e. The van der Waals surface area contributed by atoms with Crippen LogP contribution in [-0.4, -0.2) is 51.6 Å². The molecule has 0 unspecified atom stereocenters. The number of esters is 1. The maximum absolute atomic E-state index is 12.9. The zero-order valence-electron chi connectivity index (χ0n) is 15.4. The van der Waals surface area contributed by atoms with Crippen LogP contribution in [0.5, 0.6) is 5.75 Å². The fraction of sp³-hybridized carbons (Fsp3) is 0.300. The van der Waals surface area contributed by atoms with Crippen molar-refractivity contribution in [3.05, 3.63) is 60.2 Å². The van der Waals surface area contributed by atoms with Gasteiger partial charge in [-0.2, -0.15) is 0 Å². The Morgan fingerprint density at radius 2 is 1.86 bits per heavy atom. The van der Waals surface area contributed by atoms with Gasteiger partial charge in [-0.15, -0.1) is 0 Å². The predicted molar refractivity (Wildman–Crippen MR) is 104 cm³/mol. The minimum atomic E-state index is -3.15. The first kappa shape index (κ1) is 19.9. The molecule has 8 heteroatoms. The lowest BCUT2D eigenvalue weighted by Gasteiger charge is -2.28. The molecule has 2 aromatic carbocycles. The van der Waals surface area contributed by atoms with E-state index in [1.807, 2.05) is 6.07 Å². The predicted octanol–water partition coefficient (Wildman–Crippen LogP) is 2.07. The molecule has 1 aliphatic rings. The van der Waals surface area contributed by atoms with Crippen molar-refractivity contribution in [1.82, 2.24) is 0 Å². The number of nitrogens with zero attached hydrogens (tertiary/aromatic N) is 1. The molecule has 3 rings (SSSR count). The van der Waals surface area contributed by atoms with Crippen LogP contribution in [0.25, 0.3) is 0 Å². The van der Waals surface area contributed by atoms with E-state index in [-0.39, 0.29) is 24.0 Å². The number of benzene rings is 2. The van der Waals surface area contributed by atoms with Gasteiger partial charge in [0.1, 0.15) is 5.75 Å². The van der Waals surface area contributed by atoms with Crippen LogP contribution < -0.4 is 9.64 Å². The third kappa shape index (κ3) is 4.69. The Bertz CT molecular complexity index is 958. The largest absolute Gasteiger partial charge is 0.484 e. The molecule has 0 bridgehead atoms. The van der Waals surface area contributed by atoms with Crippen LogP contribution in [0, 0.1) is 0 Å². The van der Waals surface area contributed by atoms with Gasteiger partial charge in [0, 0.05) is 5.69 Å². The van der Waals surface area contributed by atoms with E-state index < -0.39 is 21.8 Å². The van der Waals surface area contributed by atoms with Crippen molar-refractivity contribution in [3.8, 4) is 5.75 Å². The van der Waals surface area contributed by atoms with Gasteiger partial charge in [0.25, 0.3) is 5.91 Å². The molecule has 0 spiro atoms. The first-order valence-electron chi connectivity index (χ1n) is 8.78. The van der Waals surface area contributed by atoms with E-state index in [2.05, 4.69) is 4.74 Å². The Balaban J connectivity index is 1.76. The van der Waals surface area contributed by atoms with Crippen molar-refractivity contribution in [2.45, 2.75) is 12.5 Å². The Labute approximate surface area is 163 Å². The second kappa shape index (κ2) is 8.43. The van der Waals surface area contributed by atoms with E-state index in [0.29, 0.717) is 23.4 Å². The number of ether oxygens (including phenoxy) is 2. The standard InChI is InChI=1S/C20H21NO6S/c1-26-20(23)15-6-5-9-18(12-15)27-13-19(22)21(16-7-3-2-4-8-16)17-10-11-28(24,25)14-17/h2-9,12,17H,10-11,13-14H2,1H3/t17-/m0/s1. The van der Waals surface area contributed by atoms with Crippen molar-refractivity contribution in [1.29, 1.82) is 0 Å². The molecular weight excluding hydrogens is 382 g/mol. The maximum atomic E-state index is 12.9.